The standard InChI is InChI=1S/C13H28N2O2S/c1-4-10-15(13-7-8-13)18(16,17)11-6-5-9-14-12(2)3/h12-14H,4-11H2,1-3H3. The third-order valence-corrected chi connectivity index (χ3v) is 5.14. The van der Waals surface area contributed by atoms with E-state index < -0.39 is 10.0 Å². The van der Waals surface area contributed by atoms with Gasteiger partial charge in [0.15, 0.2) is 0 Å². The van der Waals surface area contributed by atoms with Crippen LogP contribution in [0.3, 0.4) is 0 Å². The zero-order chi connectivity index (χ0) is 13.6. The quantitative estimate of drug-likeness (QED) is 0.621. The summed E-state index contributed by atoms with van der Waals surface area (Å²) in [4.78, 5) is 0. The van der Waals surface area contributed by atoms with Crippen LogP contribution in [-0.4, -0.2) is 43.6 Å². The van der Waals surface area contributed by atoms with Gasteiger partial charge in [0, 0.05) is 18.6 Å². The molecule has 4 nitrogen and oxygen atoms in total. The molecule has 5 heteroatoms. The van der Waals surface area contributed by atoms with E-state index in [0.29, 0.717) is 24.4 Å². The molecular formula is C13H28N2O2S. The Morgan fingerprint density at radius 1 is 1.28 bits per heavy atom. The number of sulfonamides is 1. The normalized spacial score (nSPS) is 16.7. The number of unbranched alkanes of at least 4 members (excludes halogenated alkanes) is 1. The second-order valence-electron chi connectivity index (χ2n) is 5.47. The van der Waals surface area contributed by atoms with Crippen LogP contribution in [0.1, 0.15) is 52.9 Å². The van der Waals surface area contributed by atoms with Gasteiger partial charge in [0.1, 0.15) is 0 Å². The van der Waals surface area contributed by atoms with E-state index in [0.717, 1.165) is 38.6 Å². The summed E-state index contributed by atoms with van der Waals surface area (Å²) in [6.45, 7) is 7.85. The molecule has 1 aliphatic carbocycles. The Balaban J connectivity index is 2.29. The Kier molecular flexibility index (Phi) is 6.60. The molecule has 0 atom stereocenters. The highest BCUT2D eigenvalue weighted by molar-refractivity contribution is 7.89. The van der Waals surface area contributed by atoms with E-state index in [1.807, 2.05) is 6.92 Å². The number of hydrogen-bond donors (Lipinski definition) is 1. The monoisotopic (exact) mass is 276 g/mol. The Morgan fingerprint density at radius 2 is 1.94 bits per heavy atom. The molecule has 1 rings (SSSR count). The second kappa shape index (κ2) is 7.46. The lowest BCUT2D eigenvalue weighted by Crippen LogP contribution is -2.35. The van der Waals surface area contributed by atoms with E-state index >= 15 is 0 Å². The SMILES string of the molecule is CCCN(C1CC1)S(=O)(=O)CCCCNC(C)C. The Labute approximate surface area is 112 Å². The molecule has 0 aliphatic heterocycles. The van der Waals surface area contributed by atoms with Gasteiger partial charge in [-0.3, -0.25) is 0 Å². The minimum Gasteiger partial charge on any atom is -0.315 e. The Morgan fingerprint density at radius 3 is 2.44 bits per heavy atom. The van der Waals surface area contributed by atoms with Crippen LogP contribution < -0.4 is 5.32 Å². The molecule has 0 unspecified atom stereocenters. The summed E-state index contributed by atoms with van der Waals surface area (Å²) in [5.41, 5.74) is 0. The molecule has 108 valence electrons. The summed E-state index contributed by atoms with van der Waals surface area (Å²) in [6, 6.07) is 0.786. The van der Waals surface area contributed by atoms with Crippen LogP contribution in [0.25, 0.3) is 0 Å². The third kappa shape index (κ3) is 5.67. The highest BCUT2D eigenvalue weighted by Gasteiger charge is 2.35. The maximum absolute atomic E-state index is 12.2. The zero-order valence-electron chi connectivity index (χ0n) is 12.0. The number of hydrogen-bond acceptors (Lipinski definition) is 3. The van der Waals surface area contributed by atoms with Crippen molar-refractivity contribution in [2.45, 2.75) is 65.0 Å². The molecule has 0 aromatic heterocycles. The van der Waals surface area contributed by atoms with Gasteiger partial charge in [-0.05, 0) is 38.6 Å². The van der Waals surface area contributed by atoms with Gasteiger partial charge in [0.2, 0.25) is 10.0 Å². The first kappa shape index (κ1) is 15.9. The molecule has 18 heavy (non-hydrogen) atoms. The summed E-state index contributed by atoms with van der Waals surface area (Å²) in [5.74, 6) is 0.309. The van der Waals surface area contributed by atoms with Gasteiger partial charge >= 0.3 is 0 Å². The van der Waals surface area contributed by atoms with Gasteiger partial charge in [0.25, 0.3) is 0 Å². The van der Waals surface area contributed by atoms with Crippen molar-refractivity contribution in [3.8, 4) is 0 Å². The molecule has 1 aliphatic rings. The van der Waals surface area contributed by atoms with Crippen molar-refractivity contribution in [2.75, 3.05) is 18.8 Å². The van der Waals surface area contributed by atoms with Gasteiger partial charge < -0.3 is 5.32 Å². The molecule has 0 heterocycles. The zero-order valence-corrected chi connectivity index (χ0v) is 12.8. The fourth-order valence-electron chi connectivity index (χ4n) is 2.05. The van der Waals surface area contributed by atoms with Crippen LogP contribution in [0.15, 0.2) is 0 Å². The molecule has 1 fully saturated rings. The molecule has 0 saturated heterocycles. The molecule has 0 bridgehead atoms. The van der Waals surface area contributed by atoms with Crippen molar-refractivity contribution in [1.29, 1.82) is 0 Å². The van der Waals surface area contributed by atoms with E-state index in [1.54, 1.807) is 4.31 Å². The minimum absolute atomic E-state index is 0.309. The predicted molar refractivity (Wildman–Crippen MR) is 76.2 cm³/mol. The molecule has 0 radical (unpaired) electrons. The predicted octanol–water partition coefficient (Wildman–Crippen LogP) is 1.97. The maximum Gasteiger partial charge on any atom is 0.214 e. The van der Waals surface area contributed by atoms with E-state index in [1.165, 1.54) is 0 Å². The van der Waals surface area contributed by atoms with Crippen LogP contribution in [-0.2, 0) is 10.0 Å². The van der Waals surface area contributed by atoms with Crippen LogP contribution in [0.4, 0.5) is 0 Å². The first-order chi connectivity index (χ1) is 8.47. The first-order valence-electron chi connectivity index (χ1n) is 7.20. The molecule has 0 aromatic rings. The summed E-state index contributed by atoms with van der Waals surface area (Å²) in [6.07, 6.45) is 4.70. The second-order valence-corrected chi connectivity index (χ2v) is 7.51. The summed E-state index contributed by atoms with van der Waals surface area (Å²) in [7, 11) is -3.02. The van der Waals surface area contributed by atoms with Crippen molar-refractivity contribution in [2.24, 2.45) is 0 Å². The summed E-state index contributed by atoms with van der Waals surface area (Å²) in [5, 5.41) is 3.31. The summed E-state index contributed by atoms with van der Waals surface area (Å²) < 4.78 is 26.1. The van der Waals surface area contributed by atoms with E-state index in [2.05, 4.69) is 19.2 Å². The highest BCUT2D eigenvalue weighted by atomic mass is 32.2. The van der Waals surface area contributed by atoms with Gasteiger partial charge in [-0.1, -0.05) is 20.8 Å². The lowest BCUT2D eigenvalue weighted by molar-refractivity contribution is 0.402. The lowest BCUT2D eigenvalue weighted by atomic mass is 10.3. The number of rotatable bonds is 10. The first-order valence-corrected chi connectivity index (χ1v) is 8.81. The van der Waals surface area contributed by atoms with E-state index in [-0.39, 0.29) is 0 Å². The lowest BCUT2D eigenvalue weighted by Gasteiger charge is -2.21. The molecule has 0 amide bonds. The molecule has 0 aromatic carbocycles. The smallest absolute Gasteiger partial charge is 0.214 e. The average molecular weight is 276 g/mol. The van der Waals surface area contributed by atoms with Gasteiger partial charge in [0.05, 0.1) is 5.75 Å². The number of nitrogens with zero attached hydrogens (tertiary/aromatic N) is 1. The van der Waals surface area contributed by atoms with E-state index in [9.17, 15) is 8.42 Å². The van der Waals surface area contributed by atoms with Crippen LogP contribution in [0, 0.1) is 0 Å². The van der Waals surface area contributed by atoms with Crippen LogP contribution in [0.2, 0.25) is 0 Å². The minimum atomic E-state index is -3.02. The molecule has 1 saturated carbocycles. The number of nitrogens with one attached hydrogen (secondary N) is 1. The van der Waals surface area contributed by atoms with E-state index in [4.69, 9.17) is 0 Å². The van der Waals surface area contributed by atoms with Crippen molar-refractivity contribution >= 4 is 10.0 Å². The van der Waals surface area contributed by atoms with Crippen molar-refractivity contribution in [3.05, 3.63) is 0 Å². The van der Waals surface area contributed by atoms with Gasteiger partial charge in [-0.25, -0.2) is 8.42 Å². The maximum atomic E-state index is 12.2. The van der Waals surface area contributed by atoms with Gasteiger partial charge in [-0.15, -0.1) is 0 Å². The van der Waals surface area contributed by atoms with Crippen LogP contribution in [0.5, 0.6) is 0 Å². The summed E-state index contributed by atoms with van der Waals surface area (Å²) >= 11 is 0. The topological polar surface area (TPSA) is 49.4 Å². The highest BCUT2D eigenvalue weighted by Crippen LogP contribution is 2.29. The Bertz CT molecular complexity index is 324. The van der Waals surface area contributed by atoms with Crippen molar-refractivity contribution in [3.63, 3.8) is 0 Å². The Hall–Kier alpha value is -0.130. The molecule has 1 N–H and O–H groups in total. The van der Waals surface area contributed by atoms with Gasteiger partial charge in [-0.2, -0.15) is 4.31 Å². The fraction of sp³-hybridized carbons (Fsp3) is 1.00. The van der Waals surface area contributed by atoms with Crippen LogP contribution >= 0.6 is 0 Å². The van der Waals surface area contributed by atoms with Crippen molar-refractivity contribution < 1.29 is 8.42 Å². The molecule has 0 spiro atoms. The largest absolute Gasteiger partial charge is 0.315 e. The van der Waals surface area contributed by atoms with Crippen molar-refractivity contribution in [1.82, 2.24) is 9.62 Å². The third-order valence-electron chi connectivity index (χ3n) is 3.14. The average Bonchev–Trinajstić information content (AvgIpc) is 3.08. The molecular weight excluding hydrogens is 248 g/mol. The fourth-order valence-corrected chi connectivity index (χ4v) is 3.98.